The molecule has 0 spiro atoms. The van der Waals surface area contributed by atoms with E-state index in [1.165, 1.54) is 7.11 Å². The van der Waals surface area contributed by atoms with E-state index in [4.69, 9.17) is 14.2 Å². The predicted octanol–water partition coefficient (Wildman–Crippen LogP) is 3.24. The molecule has 1 heterocycles. The number of benzene rings is 2. The number of carbonyl (C=O) groups is 2. The van der Waals surface area contributed by atoms with Gasteiger partial charge in [0.15, 0.2) is 18.1 Å². The number of para-hydroxylation sites is 1. The molecule has 0 fully saturated rings. The third-order valence-corrected chi connectivity index (χ3v) is 4.40. The second-order valence-corrected chi connectivity index (χ2v) is 7.04. The number of methoxy groups -OCH3 is 2. The molecule has 3 aromatic rings. The highest BCUT2D eigenvalue weighted by molar-refractivity contribution is 5.97. The van der Waals surface area contributed by atoms with Crippen molar-refractivity contribution in [1.82, 2.24) is 15.1 Å². The standard InChI is InChI=1S/C23H25N3O5/c1-15(2)24-21(27)14-31-23(28)18-13-26(17-8-6-5-7-9-17)25-22(18)16-10-11-19(29-3)20(12-16)30-4/h5-13,15H,14H2,1-4H3,(H,24,27). The maximum Gasteiger partial charge on any atom is 0.342 e. The molecule has 0 saturated heterocycles. The summed E-state index contributed by atoms with van der Waals surface area (Å²) in [6.07, 6.45) is 1.59. The van der Waals surface area contributed by atoms with Crippen molar-refractivity contribution < 1.29 is 23.8 Å². The van der Waals surface area contributed by atoms with Crippen molar-refractivity contribution in [2.45, 2.75) is 19.9 Å². The molecule has 1 aromatic heterocycles. The molecule has 0 aliphatic heterocycles. The van der Waals surface area contributed by atoms with E-state index in [0.717, 1.165) is 5.69 Å². The summed E-state index contributed by atoms with van der Waals surface area (Å²) in [5.41, 5.74) is 2.05. The normalized spacial score (nSPS) is 10.6. The number of esters is 1. The van der Waals surface area contributed by atoms with Gasteiger partial charge in [0.1, 0.15) is 11.3 Å². The van der Waals surface area contributed by atoms with Gasteiger partial charge in [0.2, 0.25) is 0 Å². The summed E-state index contributed by atoms with van der Waals surface area (Å²) in [4.78, 5) is 24.7. The van der Waals surface area contributed by atoms with Crippen molar-refractivity contribution in [1.29, 1.82) is 0 Å². The van der Waals surface area contributed by atoms with Crippen molar-refractivity contribution in [3.05, 3.63) is 60.3 Å². The van der Waals surface area contributed by atoms with Crippen molar-refractivity contribution >= 4 is 11.9 Å². The lowest BCUT2D eigenvalue weighted by Gasteiger charge is -2.10. The van der Waals surface area contributed by atoms with Gasteiger partial charge in [-0.25, -0.2) is 9.48 Å². The van der Waals surface area contributed by atoms with Gasteiger partial charge in [0, 0.05) is 17.8 Å². The van der Waals surface area contributed by atoms with Gasteiger partial charge in [-0.2, -0.15) is 5.10 Å². The van der Waals surface area contributed by atoms with Crippen LogP contribution in [0.25, 0.3) is 16.9 Å². The Hall–Kier alpha value is -3.81. The molecule has 8 nitrogen and oxygen atoms in total. The Balaban J connectivity index is 1.98. The van der Waals surface area contributed by atoms with Crippen molar-refractivity contribution in [3.8, 4) is 28.4 Å². The van der Waals surface area contributed by atoms with E-state index in [1.54, 1.807) is 36.2 Å². The SMILES string of the molecule is COc1ccc(-c2nn(-c3ccccc3)cc2C(=O)OCC(=O)NC(C)C)cc1OC. The van der Waals surface area contributed by atoms with Gasteiger partial charge in [-0.15, -0.1) is 0 Å². The smallest absolute Gasteiger partial charge is 0.342 e. The Bertz CT molecular complexity index is 1060. The molecule has 1 amide bonds. The maximum absolute atomic E-state index is 12.8. The molecule has 0 unspecified atom stereocenters. The highest BCUT2D eigenvalue weighted by Crippen LogP contribution is 2.33. The van der Waals surface area contributed by atoms with E-state index in [-0.39, 0.29) is 24.1 Å². The third kappa shape index (κ3) is 5.22. The summed E-state index contributed by atoms with van der Waals surface area (Å²) < 4.78 is 17.5. The Morgan fingerprint density at radius 2 is 1.74 bits per heavy atom. The van der Waals surface area contributed by atoms with Gasteiger partial charge in [-0.05, 0) is 44.2 Å². The number of ether oxygens (including phenoxy) is 3. The van der Waals surface area contributed by atoms with Crippen LogP contribution in [-0.4, -0.2) is 48.5 Å². The summed E-state index contributed by atoms with van der Waals surface area (Å²) >= 11 is 0. The lowest BCUT2D eigenvalue weighted by molar-refractivity contribution is -0.124. The summed E-state index contributed by atoms with van der Waals surface area (Å²) in [5, 5.41) is 7.28. The summed E-state index contributed by atoms with van der Waals surface area (Å²) in [6.45, 7) is 3.29. The van der Waals surface area contributed by atoms with Crippen LogP contribution in [-0.2, 0) is 9.53 Å². The van der Waals surface area contributed by atoms with E-state index in [9.17, 15) is 9.59 Å². The van der Waals surface area contributed by atoms with Gasteiger partial charge >= 0.3 is 5.97 Å². The van der Waals surface area contributed by atoms with Crippen LogP contribution in [0.3, 0.4) is 0 Å². The fourth-order valence-electron chi connectivity index (χ4n) is 3.01. The van der Waals surface area contributed by atoms with Crippen LogP contribution in [0.15, 0.2) is 54.7 Å². The molecule has 8 heteroatoms. The zero-order chi connectivity index (χ0) is 22.4. The summed E-state index contributed by atoms with van der Waals surface area (Å²) in [5.74, 6) is 0.0467. The van der Waals surface area contributed by atoms with E-state index >= 15 is 0 Å². The van der Waals surface area contributed by atoms with Gasteiger partial charge in [-0.1, -0.05) is 18.2 Å². The van der Waals surface area contributed by atoms with Crippen LogP contribution in [0.1, 0.15) is 24.2 Å². The Morgan fingerprint density at radius 1 is 1.03 bits per heavy atom. The third-order valence-electron chi connectivity index (χ3n) is 4.40. The van der Waals surface area contributed by atoms with Crippen molar-refractivity contribution in [2.75, 3.05) is 20.8 Å². The predicted molar refractivity (Wildman–Crippen MR) is 116 cm³/mol. The fraction of sp³-hybridized carbons (Fsp3) is 0.261. The first-order valence-electron chi connectivity index (χ1n) is 9.77. The molecule has 0 atom stereocenters. The zero-order valence-corrected chi connectivity index (χ0v) is 17.9. The molecule has 0 saturated carbocycles. The van der Waals surface area contributed by atoms with Crippen molar-refractivity contribution in [3.63, 3.8) is 0 Å². The monoisotopic (exact) mass is 423 g/mol. The van der Waals surface area contributed by atoms with Gasteiger partial charge < -0.3 is 19.5 Å². The van der Waals surface area contributed by atoms with Gasteiger partial charge in [0.05, 0.1) is 19.9 Å². The van der Waals surface area contributed by atoms with Crippen molar-refractivity contribution in [2.24, 2.45) is 0 Å². The second-order valence-electron chi connectivity index (χ2n) is 7.04. The number of carbonyl (C=O) groups excluding carboxylic acids is 2. The van der Waals surface area contributed by atoms with E-state index in [2.05, 4.69) is 10.4 Å². The molecular weight excluding hydrogens is 398 g/mol. The quantitative estimate of drug-likeness (QED) is 0.560. The summed E-state index contributed by atoms with van der Waals surface area (Å²) in [6, 6.07) is 14.6. The number of nitrogens with zero attached hydrogens (tertiary/aromatic N) is 2. The minimum absolute atomic E-state index is 0.0469. The molecule has 0 bridgehead atoms. The molecule has 162 valence electrons. The number of aromatic nitrogens is 2. The van der Waals surface area contributed by atoms with Crippen LogP contribution < -0.4 is 14.8 Å². The van der Waals surface area contributed by atoms with E-state index < -0.39 is 5.97 Å². The number of amides is 1. The largest absolute Gasteiger partial charge is 0.493 e. The average Bonchev–Trinajstić information content (AvgIpc) is 3.22. The first kappa shape index (κ1) is 21.9. The Labute approximate surface area is 180 Å². The van der Waals surface area contributed by atoms with Crippen LogP contribution >= 0.6 is 0 Å². The Morgan fingerprint density at radius 3 is 2.39 bits per heavy atom. The molecule has 3 rings (SSSR count). The van der Waals surface area contributed by atoms with E-state index in [0.29, 0.717) is 22.8 Å². The highest BCUT2D eigenvalue weighted by atomic mass is 16.5. The zero-order valence-electron chi connectivity index (χ0n) is 17.9. The molecule has 1 N–H and O–H groups in total. The van der Waals surface area contributed by atoms with Crippen LogP contribution in [0.5, 0.6) is 11.5 Å². The average molecular weight is 423 g/mol. The highest BCUT2D eigenvalue weighted by Gasteiger charge is 2.22. The number of hydrogen-bond acceptors (Lipinski definition) is 6. The second kappa shape index (κ2) is 9.80. The Kier molecular flexibility index (Phi) is 6.92. The summed E-state index contributed by atoms with van der Waals surface area (Å²) in [7, 11) is 3.08. The van der Waals surface area contributed by atoms with Crippen LogP contribution in [0.2, 0.25) is 0 Å². The van der Waals surface area contributed by atoms with Gasteiger partial charge in [0.25, 0.3) is 5.91 Å². The first-order valence-corrected chi connectivity index (χ1v) is 9.77. The topological polar surface area (TPSA) is 91.7 Å². The van der Waals surface area contributed by atoms with E-state index in [1.807, 2.05) is 44.2 Å². The molecule has 0 aliphatic rings. The number of nitrogens with one attached hydrogen (secondary N) is 1. The maximum atomic E-state index is 12.8. The van der Waals surface area contributed by atoms with Crippen LogP contribution in [0.4, 0.5) is 0 Å². The molecular formula is C23H25N3O5. The lowest BCUT2D eigenvalue weighted by atomic mass is 10.1. The number of hydrogen-bond donors (Lipinski definition) is 1. The molecule has 0 aliphatic carbocycles. The lowest BCUT2D eigenvalue weighted by Crippen LogP contribution is -2.34. The molecule has 31 heavy (non-hydrogen) atoms. The molecule has 2 aromatic carbocycles. The van der Waals surface area contributed by atoms with Gasteiger partial charge in [-0.3, -0.25) is 4.79 Å². The fourth-order valence-corrected chi connectivity index (χ4v) is 3.01. The first-order chi connectivity index (χ1) is 14.9. The van der Waals surface area contributed by atoms with Crippen LogP contribution in [0, 0.1) is 0 Å². The minimum Gasteiger partial charge on any atom is -0.493 e. The minimum atomic E-state index is -0.647. The number of rotatable bonds is 8. The molecule has 0 radical (unpaired) electrons.